The topological polar surface area (TPSA) is 68.0 Å². The second kappa shape index (κ2) is 5.31. The number of pyridine rings is 1. The molecule has 98 valence electrons. The first kappa shape index (κ1) is 13.4. The molecule has 1 heterocycles. The molecule has 0 aliphatic heterocycles. The second-order valence-corrected chi connectivity index (χ2v) is 4.50. The highest BCUT2D eigenvalue weighted by Crippen LogP contribution is 2.24. The number of carbonyl (C=O) groups is 1. The van der Waals surface area contributed by atoms with Crippen molar-refractivity contribution in [2.45, 2.75) is 0 Å². The zero-order valence-electron chi connectivity index (χ0n) is 9.45. The molecule has 4 nitrogen and oxygen atoms in total. The van der Waals surface area contributed by atoms with Crippen molar-refractivity contribution in [1.82, 2.24) is 4.98 Å². The summed E-state index contributed by atoms with van der Waals surface area (Å²) in [5.74, 6) is -2.31. The number of carbonyl (C=O) groups excluding carboxylic acids is 1. The van der Waals surface area contributed by atoms with Crippen LogP contribution in [0.4, 0.5) is 20.2 Å². The third-order valence-electron chi connectivity index (χ3n) is 2.31. The van der Waals surface area contributed by atoms with Crippen LogP contribution in [0.25, 0.3) is 0 Å². The lowest BCUT2D eigenvalue weighted by molar-refractivity contribution is 0.102. The van der Waals surface area contributed by atoms with E-state index in [2.05, 4.69) is 26.2 Å². The third kappa shape index (κ3) is 2.87. The third-order valence-corrected chi connectivity index (χ3v) is 2.92. The molecule has 0 radical (unpaired) electrons. The van der Waals surface area contributed by atoms with Crippen LogP contribution in [0.15, 0.2) is 34.9 Å². The quantitative estimate of drug-likeness (QED) is 0.833. The van der Waals surface area contributed by atoms with Crippen LogP contribution in [0.1, 0.15) is 10.5 Å². The average Bonchev–Trinajstić information content (AvgIpc) is 2.36. The first-order chi connectivity index (χ1) is 8.99. The van der Waals surface area contributed by atoms with Gasteiger partial charge in [-0.25, -0.2) is 13.8 Å². The molecule has 7 heteroatoms. The zero-order valence-corrected chi connectivity index (χ0v) is 11.0. The molecular formula is C12H8BrF2N3O. The highest BCUT2D eigenvalue weighted by molar-refractivity contribution is 9.10. The Balaban J connectivity index is 2.30. The Labute approximate surface area is 115 Å². The number of nitrogens with one attached hydrogen (secondary N) is 1. The normalized spacial score (nSPS) is 10.3. The number of aromatic nitrogens is 1. The van der Waals surface area contributed by atoms with Crippen LogP contribution in [-0.2, 0) is 0 Å². The van der Waals surface area contributed by atoms with Crippen LogP contribution >= 0.6 is 15.9 Å². The van der Waals surface area contributed by atoms with Gasteiger partial charge in [0.1, 0.15) is 11.6 Å². The summed E-state index contributed by atoms with van der Waals surface area (Å²) in [5.41, 5.74) is 5.56. The van der Waals surface area contributed by atoms with Gasteiger partial charge in [0.25, 0.3) is 5.91 Å². The van der Waals surface area contributed by atoms with Gasteiger partial charge in [-0.1, -0.05) is 0 Å². The fraction of sp³-hybridized carbons (Fsp3) is 0. The number of nitrogens with zero attached hydrogens (tertiary/aromatic N) is 1. The van der Waals surface area contributed by atoms with Crippen LogP contribution in [0, 0.1) is 11.6 Å². The largest absolute Gasteiger partial charge is 0.397 e. The summed E-state index contributed by atoms with van der Waals surface area (Å²) >= 11 is 2.91. The van der Waals surface area contributed by atoms with E-state index in [9.17, 15) is 13.6 Å². The van der Waals surface area contributed by atoms with E-state index < -0.39 is 17.5 Å². The Kier molecular flexibility index (Phi) is 3.75. The van der Waals surface area contributed by atoms with E-state index in [0.717, 1.165) is 6.07 Å². The van der Waals surface area contributed by atoms with Crippen molar-refractivity contribution in [2.75, 3.05) is 11.1 Å². The summed E-state index contributed by atoms with van der Waals surface area (Å²) in [5, 5.41) is 2.28. The molecule has 1 aromatic carbocycles. The second-order valence-electron chi connectivity index (χ2n) is 3.64. The molecule has 0 bridgehead atoms. The predicted molar refractivity (Wildman–Crippen MR) is 70.7 cm³/mol. The van der Waals surface area contributed by atoms with E-state index >= 15 is 0 Å². The van der Waals surface area contributed by atoms with Crippen LogP contribution in [0.3, 0.4) is 0 Å². The molecule has 0 unspecified atom stereocenters. The maximum atomic E-state index is 13.5. The molecule has 0 aliphatic rings. The fourth-order valence-corrected chi connectivity index (χ4v) is 1.75. The Morgan fingerprint density at radius 3 is 2.74 bits per heavy atom. The molecule has 2 aromatic rings. The molecular weight excluding hydrogens is 320 g/mol. The van der Waals surface area contributed by atoms with Crippen LogP contribution in [0.2, 0.25) is 0 Å². The molecule has 0 atom stereocenters. The van der Waals surface area contributed by atoms with Gasteiger partial charge in [-0.05, 0) is 34.1 Å². The summed E-state index contributed by atoms with van der Waals surface area (Å²) < 4.78 is 26.6. The zero-order chi connectivity index (χ0) is 14.0. The average molecular weight is 328 g/mol. The maximum Gasteiger partial charge on any atom is 0.276 e. The lowest BCUT2D eigenvalue weighted by Gasteiger charge is -2.08. The van der Waals surface area contributed by atoms with Gasteiger partial charge in [-0.3, -0.25) is 4.79 Å². The summed E-state index contributed by atoms with van der Waals surface area (Å²) in [4.78, 5) is 15.7. The van der Waals surface area contributed by atoms with Crippen molar-refractivity contribution >= 4 is 33.2 Å². The number of hydrogen-bond acceptors (Lipinski definition) is 3. The summed E-state index contributed by atoms with van der Waals surface area (Å²) in [6, 6.07) is 4.86. The monoisotopic (exact) mass is 327 g/mol. The molecule has 0 aliphatic carbocycles. The Hall–Kier alpha value is -2.02. The van der Waals surface area contributed by atoms with E-state index in [4.69, 9.17) is 5.73 Å². The smallest absolute Gasteiger partial charge is 0.276 e. The molecule has 19 heavy (non-hydrogen) atoms. The molecule has 1 aromatic heterocycles. The van der Waals surface area contributed by atoms with Gasteiger partial charge in [0, 0.05) is 12.3 Å². The van der Waals surface area contributed by atoms with E-state index in [0.29, 0.717) is 6.07 Å². The highest BCUT2D eigenvalue weighted by atomic mass is 79.9. The minimum Gasteiger partial charge on any atom is -0.397 e. The first-order valence-corrected chi connectivity index (χ1v) is 5.94. The number of anilines is 2. The van der Waals surface area contributed by atoms with E-state index in [-0.39, 0.29) is 21.5 Å². The SMILES string of the molecule is Nc1cccnc1C(=O)Nc1cc(Br)c(F)cc1F. The molecule has 0 saturated carbocycles. The molecule has 0 saturated heterocycles. The van der Waals surface area contributed by atoms with Crippen LogP contribution in [-0.4, -0.2) is 10.9 Å². The van der Waals surface area contributed by atoms with Crippen molar-refractivity contribution in [2.24, 2.45) is 0 Å². The minimum atomic E-state index is -0.886. The summed E-state index contributed by atoms with van der Waals surface area (Å²) in [6.07, 6.45) is 1.39. The Bertz CT molecular complexity index is 649. The number of rotatable bonds is 2. The van der Waals surface area contributed by atoms with Crippen LogP contribution in [0.5, 0.6) is 0 Å². The Morgan fingerprint density at radius 1 is 1.32 bits per heavy atom. The van der Waals surface area contributed by atoms with Gasteiger partial charge in [0.15, 0.2) is 5.69 Å². The van der Waals surface area contributed by atoms with Gasteiger partial charge in [0.2, 0.25) is 0 Å². The standard InChI is InChI=1S/C12H8BrF2N3O/c13-6-4-10(8(15)5-7(6)14)18-12(19)11-9(16)2-1-3-17-11/h1-5H,16H2,(H,18,19). The molecule has 2 rings (SSSR count). The van der Waals surface area contributed by atoms with Crippen molar-refractivity contribution in [1.29, 1.82) is 0 Å². The number of halogens is 3. The summed E-state index contributed by atoms with van der Waals surface area (Å²) in [7, 11) is 0. The first-order valence-electron chi connectivity index (χ1n) is 5.15. The number of hydrogen-bond donors (Lipinski definition) is 2. The van der Waals surface area contributed by atoms with Gasteiger partial charge < -0.3 is 11.1 Å². The summed E-state index contributed by atoms with van der Waals surface area (Å²) in [6.45, 7) is 0. The number of benzene rings is 1. The molecule has 0 spiro atoms. The predicted octanol–water partition coefficient (Wildman–Crippen LogP) is 2.96. The molecule has 3 N–H and O–H groups in total. The van der Waals surface area contributed by atoms with Crippen molar-refractivity contribution in [3.63, 3.8) is 0 Å². The van der Waals surface area contributed by atoms with Gasteiger partial charge in [-0.15, -0.1) is 0 Å². The van der Waals surface area contributed by atoms with Gasteiger partial charge in [0.05, 0.1) is 15.8 Å². The number of nitrogens with two attached hydrogens (primary N) is 1. The van der Waals surface area contributed by atoms with Crippen molar-refractivity contribution < 1.29 is 13.6 Å². The van der Waals surface area contributed by atoms with Gasteiger partial charge >= 0.3 is 0 Å². The van der Waals surface area contributed by atoms with Crippen molar-refractivity contribution in [3.05, 3.63) is 52.3 Å². The highest BCUT2D eigenvalue weighted by Gasteiger charge is 2.15. The maximum absolute atomic E-state index is 13.5. The lowest BCUT2D eigenvalue weighted by atomic mass is 10.2. The molecule has 1 amide bonds. The van der Waals surface area contributed by atoms with E-state index in [1.54, 1.807) is 6.07 Å². The number of nitrogen functional groups attached to an aromatic ring is 1. The lowest BCUT2D eigenvalue weighted by Crippen LogP contribution is -2.16. The van der Waals surface area contributed by atoms with Gasteiger partial charge in [-0.2, -0.15) is 0 Å². The van der Waals surface area contributed by atoms with Crippen LogP contribution < -0.4 is 11.1 Å². The van der Waals surface area contributed by atoms with Crippen molar-refractivity contribution in [3.8, 4) is 0 Å². The Morgan fingerprint density at radius 2 is 2.05 bits per heavy atom. The minimum absolute atomic E-state index is 0.0256. The fourth-order valence-electron chi connectivity index (χ4n) is 1.41. The number of amides is 1. The van der Waals surface area contributed by atoms with E-state index in [1.165, 1.54) is 12.3 Å². The van der Waals surface area contributed by atoms with E-state index in [1.807, 2.05) is 0 Å². The molecule has 0 fully saturated rings.